The third-order valence-corrected chi connectivity index (χ3v) is 4.63. The molecule has 0 bridgehead atoms. The van der Waals surface area contributed by atoms with Gasteiger partial charge in [0.05, 0.1) is 30.1 Å². The van der Waals surface area contributed by atoms with Crippen LogP contribution in [0.4, 0.5) is 5.95 Å². The van der Waals surface area contributed by atoms with Crippen molar-refractivity contribution in [1.82, 2.24) is 19.7 Å². The molecule has 31 heavy (non-hydrogen) atoms. The zero-order chi connectivity index (χ0) is 23.3. The maximum absolute atomic E-state index is 12.3. The number of hydrogen-bond donors (Lipinski definition) is 1. The van der Waals surface area contributed by atoms with Gasteiger partial charge in [0.25, 0.3) is 0 Å². The number of halogens is 1. The van der Waals surface area contributed by atoms with Gasteiger partial charge in [0.1, 0.15) is 17.8 Å². The van der Waals surface area contributed by atoms with Crippen LogP contribution in [0.5, 0.6) is 5.88 Å². The van der Waals surface area contributed by atoms with Crippen LogP contribution in [0.25, 0.3) is 5.69 Å². The van der Waals surface area contributed by atoms with Crippen molar-refractivity contribution in [2.45, 2.75) is 53.1 Å². The Balaban J connectivity index is 2.38. The Bertz CT molecular complexity index is 952. The minimum atomic E-state index is -0.585. The average molecular weight is 498 g/mol. The van der Waals surface area contributed by atoms with Gasteiger partial charge in [-0.15, -0.1) is 0 Å². The molecule has 0 radical (unpaired) electrons. The quantitative estimate of drug-likeness (QED) is 0.546. The van der Waals surface area contributed by atoms with Gasteiger partial charge in [-0.05, 0) is 49.5 Å². The lowest BCUT2D eigenvalue weighted by atomic mass is 10.1. The molecule has 0 aliphatic carbocycles. The molecular formula is C20H28BrN5O5. The van der Waals surface area contributed by atoms with Gasteiger partial charge in [-0.3, -0.25) is 4.79 Å². The van der Waals surface area contributed by atoms with Crippen LogP contribution in [0.1, 0.15) is 63.6 Å². The number of aromatic nitrogens is 4. The molecule has 1 N–H and O–H groups in total. The van der Waals surface area contributed by atoms with E-state index in [-0.39, 0.29) is 36.6 Å². The predicted octanol–water partition coefficient (Wildman–Crippen LogP) is 3.49. The molecule has 11 heteroatoms. The smallest absolute Gasteiger partial charge is 0.360 e. The molecule has 0 saturated carbocycles. The first-order valence-corrected chi connectivity index (χ1v) is 10.6. The van der Waals surface area contributed by atoms with E-state index in [9.17, 15) is 9.59 Å². The van der Waals surface area contributed by atoms with E-state index in [0.717, 1.165) is 5.69 Å². The summed E-state index contributed by atoms with van der Waals surface area (Å²) in [7, 11) is 1.46. The molecule has 0 unspecified atom stereocenters. The number of ether oxygens (including phenoxy) is 3. The number of rotatable bonds is 8. The summed E-state index contributed by atoms with van der Waals surface area (Å²) < 4.78 is 17.9. The van der Waals surface area contributed by atoms with Crippen molar-refractivity contribution in [2.24, 2.45) is 0 Å². The highest BCUT2D eigenvalue weighted by atomic mass is 79.9. The number of carbonyl (C=O) groups excluding carboxylic acids is 2. The van der Waals surface area contributed by atoms with Crippen LogP contribution < -0.4 is 10.1 Å². The van der Waals surface area contributed by atoms with Crippen LogP contribution in [0, 0.1) is 0 Å². The lowest BCUT2D eigenvalue weighted by Gasteiger charge is -2.19. The number of hydrogen-bond acceptors (Lipinski definition) is 9. The van der Waals surface area contributed by atoms with E-state index >= 15 is 0 Å². The van der Waals surface area contributed by atoms with E-state index < -0.39 is 17.5 Å². The Morgan fingerprint density at radius 3 is 2.52 bits per heavy atom. The molecule has 0 amide bonds. The highest BCUT2D eigenvalue weighted by Gasteiger charge is 2.27. The summed E-state index contributed by atoms with van der Waals surface area (Å²) in [6.45, 7) is 11.2. The van der Waals surface area contributed by atoms with Crippen LogP contribution in [0.2, 0.25) is 0 Å². The average Bonchev–Trinajstić information content (AvgIpc) is 3.02. The fourth-order valence-electron chi connectivity index (χ4n) is 2.69. The Kier molecular flexibility index (Phi) is 7.99. The van der Waals surface area contributed by atoms with E-state index in [0.29, 0.717) is 10.2 Å². The lowest BCUT2D eigenvalue weighted by molar-refractivity contribution is -0.152. The van der Waals surface area contributed by atoms with E-state index in [1.54, 1.807) is 32.4 Å². The SMILES string of the molecule is CCOC(=O)c1nn(-c2cnc(NCC(=O)OC(C)(C)C)nc2OC)c(C(C)C)c1Br. The lowest BCUT2D eigenvalue weighted by Crippen LogP contribution is -2.28. The maximum Gasteiger partial charge on any atom is 0.360 e. The second-order valence-electron chi connectivity index (χ2n) is 7.86. The largest absolute Gasteiger partial charge is 0.479 e. The molecule has 0 atom stereocenters. The molecule has 0 aliphatic heterocycles. The highest BCUT2D eigenvalue weighted by molar-refractivity contribution is 9.10. The van der Waals surface area contributed by atoms with Gasteiger partial charge in [0.15, 0.2) is 5.69 Å². The van der Waals surface area contributed by atoms with Crippen molar-refractivity contribution in [1.29, 1.82) is 0 Å². The Morgan fingerprint density at radius 1 is 1.29 bits per heavy atom. The predicted molar refractivity (Wildman–Crippen MR) is 118 cm³/mol. The molecular weight excluding hydrogens is 470 g/mol. The monoisotopic (exact) mass is 497 g/mol. The van der Waals surface area contributed by atoms with Crippen molar-refractivity contribution in [2.75, 3.05) is 25.6 Å². The van der Waals surface area contributed by atoms with Crippen LogP contribution in [0.15, 0.2) is 10.7 Å². The van der Waals surface area contributed by atoms with Crippen molar-refractivity contribution in [3.05, 3.63) is 22.1 Å². The minimum absolute atomic E-state index is 0.0136. The zero-order valence-corrected chi connectivity index (χ0v) is 20.4. The maximum atomic E-state index is 12.3. The van der Waals surface area contributed by atoms with Crippen molar-refractivity contribution < 1.29 is 23.8 Å². The highest BCUT2D eigenvalue weighted by Crippen LogP contribution is 2.33. The van der Waals surface area contributed by atoms with E-state index in [2.05, 4.69) is 36.3 Å². The summed E-state index contributed by atoms with van der Waals surface area (Å²) in [5.41, 5.74) is 0.739. The molecule has 0 aliphatic rings. The topological polar surface area (TPSA) is 117 Å². The summed E-state index contributed by atoms with van der Waals surface area (Å²) in [4.78, 5) is 32.8. The normalized spacial score (nSPS) is 11.4. The Labute approximate surface area is 189 Å². The van der Waals surface area contributed by atoms with Gasteiger partial charge < -0.3 is 19.5 Å². The van der Waals surface area contributed by atoms with Gasteiger partial charge in [-0.2, -0.15) is 10.1 Å². The molecule has 2 rings (SSSR count). The van der Waals surface area contributed by atoms with Crippen LogP contribution in [-0.2, 0) is 14.3 Å². The van der Waals surface area contributed by atoms with Gasteiger partial charge in [0, 0.05) is 0 Å². The van der Waals surface area contributed by atoms with Crippen molar-refractivity contribution >= 4 is 33.8 Å². The third kappa shape index (κ3) is 6.16. The number of methoxy groups -OCH3 is 1. The third-order valence-electron chi connectivity index (χ3n) is 3.84. The fraction of sp³-hybridized carbons (Fsp3) is 0.550. The first-order valence-electron chi connectivity index (χ1n) is 9.81. The number of nitrogens with zero attached hydrogens (tertiary/aromatic N) is 4. The molecule has 0 spiro atoms. The number of esters is 2. The second kappa shape index (κ2) is 10.1. The Hall–Kier alpha value is -2.69. The number of carbonyl (C=O) groups is 2. The molecule has 10 nitrogen and oxygen atoms in total. The summed E-state index contributed by atoms with van der Waals surface area (Å²) in [6, 6.07) is 0. The molecule has 0 saturated heterocycles. The summed E-state index contributed by atoms with van der Waals surface area (Å²) in [5, 5.41) is 7.23. The second-order valence-corrected chi connectivity index (χ2v) is 8.66. The molecule has 0 fully saturated rings. The van der Waals surface area contributed by atoms with Gasteiger partial charge in [-0.1, -0.05) is 13.8 Å². The number of nitrogens with one attached hydrogen (secondary N) is 1. The molecule has 2 aromatic heterocycles. The number of anilines is 1. The molecule has 2 heterocycles. The standard InChI is InChI=1S/C20H28BrN5O5/c1-8-30-18(28)15-14(21)16(11(2)3)26(25-15)12-9-22-19(24-17(12)29-7)23-10-13(27)31-20(4,5)6/h9,11H,8,10H2,1-7H3,(H,22,23,24). The van der Waals surface area contributed by atoms with Gasteiger partial charge in [-0.25, -0.2) is 14.5 Å². The summed E-state index contributed by atoms with van der Waals surface area (Å²) >= 11 is 3.47. The van der Waals surface area contributed by atoms with E-state index in [4.69, 9.17) is 14.2 Å². The van der Waals surface area contributed by atoms with Crippen molar-refractivity contribution in [3.8, 4) is 11.6 Å². The van der Waals surface area contributed by atoms with Crippen LogP contribution in [0.3, 0.4) is 0 Å². The minimum Gasteiger partial charge on any atom is -0.479 e. The molecule has 2 aromatic rings. The van der Waals surface area contributed by atoms with Gasteiger partial charge >= 0.3 is 11.9 Å². The molecule has 170 valence electrons. The zero-order valence-electron chi connectivity index (χ0n) is 18.8. The first-order chi connectivity index (χ1) is 14.5. The van der Waals surface area contributed by atoms with Crippen LogP contribution >= 0.6 is 15.9 Å². The summed E-state index contributed by atoms with van der Waals surface area (Å²) in [6.07, 6.45) is 1.50. The molecule has 0 aromatic carbocycles. The summed E-state index contributed by atoms with van der Waals surface area (Å²) in [5.74, 6) is -0.551. The van der Waals surface area contributed by atoms with Gasteiger partial charge in [0.2, 0.25) is 11.8 Å². The van der Waals surface area contributed by atoms with Crippen molar-refractivity contribution in [3.63, 3.8) is 0 Å². The van der Waals surface area contributed by atoms with Crippen LogP contribution in [-0.4, -0.2) is 57.5 Å². The first kappa shape index (κ1) is 24.6. The van der Waals surface area contributed by atoms with E-state index in [1.165, 1.54) is 13.3 Å². The Morgan fingerprint density at radius 2 is 1.97 bits per heavy atom. The fourth-order valence-corrected chi connectivity index (χ4v) is 3.56. The van der Waals surface area contributed by atoms with E-state index in [1.807, 2.05) is 13.8 Å².